The quantitative estimate of drug-likeness (QED) is 0.871. The van der Waals surface area contributed by atoms with Crippen LogP contribution >= 0.6 is 11.3 Å². The number of benzene rings is 1. The lowest BCUT2D eigenvalue weighted by Gasteiger charge is -2.25. The fourth-order valence-corrected chi connectivity index (χ4v) is 5.28. The van der Waals surface area contributed by atoms with Crippen LogP contribution in [0.3, 0.4) is 0 Å². The highest BCUT2D eigenvalue weighted by molar-refractivity contribution is 7.89. The zero-order valence-corrected chi connectivity index (χ0v) is 14.6. The molecule has 6 nitrogen and oxygen atoms in total. The van der Waals surface area contributed by atoms with Crippen LogP contribution in [0, 0.1) is 0 Å². The average Bonchev–Trinajstić information content (AvgIpc) is 3.07. The summed E-state index contributed by atoms with van der Waals surface area (Å²) < 4.78 is 26.7. The number of aromatic hydroxyl groups is 1. The van der Waals surface area contributed by atoms with Gasteiger partial charge in [-0.1, -0.05) is 12.5 Å². The number of amides is 1. The normalized spacial score (nSPS) is 16.0. The number of carbonyl (C=O) groups is 1. The van der Waals surface area contributed by atoms with E-state index < -0.39 is 15.9 Å². The minimum atomic E-state index is -3.53. The molecule has 0 atom stereocenters. The molecule has 1 amide bonds. The lowest BCUT2D eigenvalue weighted by molar-refractivity contribution is 0.103. The topological polar surface area (TPSA) is 86.7 Å². The smallest absolute Gasteiger partial charge is 0.265 e. The summed E-state index contributed by atoms with van der Waals surface area (Å²) in [4.78, 5) is 12.7. The maximum atomic E-state index is 12.6. The molecule has 2 aromatic rings. The molecule has 0 spiro atoms. The van der Waals surface area contributed by atoms with Gasteiger partial charge in [-0.05, 0) is 31.0 Å². The first-order valence-electron chi connectivity index (χ1n) is 7.66. The monoisotopic (exact) mass is 366 g/mol. The van der Waals surface area contributed by atoms with Crippen molar-refractivity contribution in [2.24, 2.45) is 0 Å². The van der Waals surface area contributed by atoms with Gasteiger partial charge in [-0.15, -0.1) is 11.3 Å². The van der Waals surface area contributed by atoms with Gasteiger partial charge in [0.25, 0.3) is 5.91 Å². The molecule has 0 radical (unpaired) electrons. The molecular formula is C16H18N2O4S2. The Hall–Kier alpha value is -1.90. The molecule has 1 aliphatic heterocycles. The number of hydrogen-bond donors (Lipinski definition) is 2. The summed E-state index contributed by atoms with van der Waals surface area (Å²) in [6.45, 7) is 1.06. The van der Waals surface area contributed by atoms with Crippen molar-refractivity contribution in [2.75, 3.05) is 18.4 Å². The van der Waals surface area contributed by atoms with Gasteiger partial charge < -0.3 is 10.4 Å². The molecule has 0 saturated carbocycles. The Balaban J connectivity index is 1.76. The van der Waals surface area contributed by atoms with E-state index in [1.807, 2.05) is 0 Å². The number of sulfonamides is 1. The number of hydrogen-bond acceptors (Lipinski definition) is 5. The van der Waals surface area contributed by atoms with Crippen LogP contribution in [0.5, 0.6) is 5.75 Å². The molecule has 0 bridgehead atoms. The zero-order chi connectivity index (χ0) is 17.2. The van der Waals surface area contributed by atoms with Crippen molar-refractivity contribution in [1.82, 2.24) is 4.31 Å². The SMILES string of the molecule is O=C(Nc1cccc(O)c1)c1cc(S(=O)(=O)N2CCCCC2)cs1. The molecular weight excluding hydrogens is 348 g/mol. The van der Waals surface area contributed by atoms with Crippen LogP contribution in [-0.2, 0) is 10.0 Å². The standard InChI is InChI=1S/C16H18N2O4S2/c19-13-6-4-5-12(9-13)17-16(20)15-10-14(11-23-15)24(21,22)18-7-2-1-3-8-18/h4-6,9-11,19H,1-3,7-8H2,(H,17,20). The fraction of sp³-hybridized carbons (Fsp3) is 0.312. The number of nitrogens with one attached hydrogen (secondary N) is 1. The van der Waals surface area contributed by atoms with Gasteiger partial charge in [-0.25, -0.2) is 8.42 Å². The van der Waals surface area contributed by atoms with E-state index in [9.17, 15) is 18.3 Å². The Bertz CT molecular complexity index is 839. The lowest BCUT2D eigenvalue weighted by atomic mass is 10.2. The predicted octanol–water partition coefficient (Wildman–Crippen LogP) is 2.88. The van der Waals surface area contributed by atoms with Crippen molar-refractivity contribution < 1.29 is 18.3 Å². The molecule has 1 aromatic carbocycles. The first-order chi connectivity index (χ1) is 11.5. The second kappa shape index (κ2) is 6.92. The number of thiophene rings is 1. The third kappa shape index (κ3) is 3.61. The van der Waals surface area contributed by atoms with Crippen LogP contribution in [0.1, 0.15) is 28.9 Å². The van der Waals surface area contributed by atoms with Gasteiger partial charge in [0.05, 0.1) is 9.77 Å². The van der Waals surface area contributed by atoms with Crippen molar-refractivity contribution in [3.63, 3.8) is 0 Å². The van der Waals surface area contributed by atoms with Crippen LogP contribution in [0.25, 0.3) is 0 Å². The number of phenolic OH excluding ortho intramolecular Hbond substituents is 1. The number of carbonyl (C=O) groups excluding carboxylic acids is 1. The molecule has 24 heavy (non-hydrogen) atoms. The molecule has 1 aliphatic rings. The first kappa shape index (κ1) is 16.9. The van der Waals surface area contributed by atoms with Gasteiger partial charge in [0.1, 0.15) is 5.75 Å². The average molecular weight is 366 g/mol. The summed E-state index contributed by atoms with van der Waals surface area (Å²) >= 11 is 1.09. The van der Waals surface area contributed by atoms with Crippen molar-refractivity contribution in [3.8, 4) is 5.75 Å². The number of nitrogens with zero attached hydrogens (tertiary/aromatic N) is 1. The predicted molar refractivity (Wildman–Crippen MR) is 93.0 cm³/mol. The molecule has 8 heteroatoms. The first-order valence-corrected chi connectivity index (χ1v) is 9.98. The van der Waals surface area contributed by atoms with Gasteiger partial charge in [-0.2, -0.15) is 4.31 Å². The molecule has 0 unspecified atom stereocenters. The molecule has 2 N–H and O–H groups in total. The van der Waals surface area contributed by atoms with Crippen LogP contribution < -0.4 is 5.32 Å². The number of rotatable bonds is 4. The molecule has 2 heterocycles. The highest BCUT2D eigenvalue weighted by Crippen LogP contribution is 2.26. The van der Waals surface area contributed by atoms with Crippen molar-refractivity contribution in [3.05, 3.63) is 40.6 Å². The Morgan fingerprint density at radius 3 is 2.62 bits per heavy atom. The van der Waals surface area contributed by atoms with Gasteiger partial charge in [0, 0.05) is 30.2 Å². The lowest BCUT2D eigenvalue weighted by Crippen LogP contribution is -2.35. The minimum Gasteiger partial charge on any atom is -0.508 e. The largest absolute Gasteiger partial charge is 0.508 e. The van der Waals surface area contributed by atoms with E-state index in [0.717, 1.165) is 30.6 Å². The molecule has 3 rings (SSSR count). The summed E-state index contributed by atoms with van der Waals surface area (Å²) in [5.41, 5.74) is 0.453. The fourth-order valence-electron chi connectivity index (χ4n) is 2.60. The van der Waals surface area contributed by atoms with Crippen molar-refractivity contribution >= 4 is 33.0 Å². The van der Waals surface area contributed by atoms with E-state index in [0.29, 0.717) is 23.7 Å². The number of phenols is 1. The van der Waals surface area contributed by atoms with Gasteiger partial charge >= 0.3 is 0 Å². The van der Waals surface area contributed by atoms with Crippen LogP contribution in [-0.4, -0.2) is 36.8 Å². The highest BCUT2D eigenvalue weighted by atomic mass is 32.2. The maximum absolute atomic E-state index is 12.6. The second-order valence-corrected chi connectivity index (χ2v) is 8.47. The third-order valence-corrected chi connectivity index (χ3v) is 6.81. The van der Waals surface area contributed by atoms with E-state index in [-0.39, 0.29) is 10.6 Å². The van der Waals surface area contributed by atoms with E-state index >= 15 is 0 Å². The van der Waals surface area contributed by atoms with E-state index in [1.165, 1.54) is 27.9 Å². The Morgan fingerprint density at radius 2 is 1.92 bits per heavy atom. The molecule has 1 saturated heterocycles. The Kier molecular flexibility index (Phi) is 4.88. The van der Waals surface area contributed by atoms with E-state index in [2.05, 4.69) is 5.32 Å². The van der Waals surface area contributed by atoms with Gasteiger partial charge in [0.2, 0.25) is 10.0 Å². The Labute approximate surface area is 144 Å². The number of anilines is 1. The molecule has 0 aliphatic carbocycles. The summed E-state index contributed by atoms with van der Waals surface area (Å²) in [6, 6.07) is 7.61. The van der Waals surface area contributed by atoms with Crippen LogP contribution in [0.2, 0.25) is 0 Å². The zero-order valence-electron chi connectivity index (χ0n) is 12.9. The highest BCUT2D eigenvalue weighted by Gasteiger charge is 2.27. The summed E-state index contributed by atoms with van der Waals surface area (Å²) in [7, 11) is -3.53. The summed E-state index contributed by atoms with van der Waals surface area (Å²) in [5.74, 6) is -0.349. The van der Waals surface area contributed by atoms with Crippen LogP contribution in [0.4, 0.5) is 5.69 Å². The Morgan fingerprint density at radius 1 is 1.17 bits per heavy atom. The van der Waals surface area contributed by atoms with Crippen LogP contribution in [0.15, 0.2) is 40.6 Å². The summed E-state index contributed by atoms with van der Waals surface area (Å²) in [5, 5.41) is 13.6. The third-order valence-electron chi connectivity index (χ3n) is 3.86. The maximum Gasteiger partial charge on any atom is 0.265 e. The molecule has 128 valence electrons. The molecule has 1 fully saturated rings. The van der Waals surface area contributed by atoms with E-state index in [1.54, 1.807) is 12.1 Å². The van der Waals surface area contributed by atoms with Crippen molar-refractivity contribution in [1.29, 1.82) is 0 Å². The molecule has 1 aromatic heterocycles. The summed E-state index contributed by atoms with van der Waals surface area (Å²) in [6.07, 6.45) is 2.79. The van der Waals surface area contributed by atoms with Gasteiger partial charge in [-0.3, -0.25) is 4.79 Å². The minimum absolute atomic E-state index is 0.0485. The van der Waals surface area contributed by atoms with Crippen molar-refractivity contribution in [2.45, 2.75) is 24.2 Å². The van der Waals surface area contributed by atoms with E-state index in [4.69, 9.17) is 0 Å². The number of piperidine rings is 1. The van der Waals surface area contributed by atoms with Gasteiger partial charge in [0.15, 0.2) is 0 Å². The second-order valence-electron chi connectivity index (χ2n) is 5.62.